The molecule has 2 saturated heterocycles. The summed E-state index contributed by atoms with van der Waals surface area (Å²) in [5, 5.41) is 12.4. The summed E-state index contributed by atoms with van der Waals surface area (Å²) >= 11 is 0. The lowest BCUT2D eigenvalue weighted by Crippen LogP contribution is -2.50. The number of nitrogens with one attached hydrogen (secondary N) is 1. The van der Waals surface area contributed by atoms with Crippen molar-refractivity contribution in [2.75, 3.05) is 19.6 Å². The van der Waals surface area contributed by atoms with E-state index in [1.807, 2.05) is 11.8 Å². The monoisotopic (exact) mass is 240 g/mol. The number of hydrogen-bond donors (Lipinski definition) is 2. The zero-order valence-electron chi connectivity index (χ0n) is 10.2. The lowest BCUT2D eigenvalue weighted by molar-refractivity contribution is -0.140. The summed E-state index contributed by atoms with van der Waals surface area (Å²) in [4.78, 5) is 25.1. The van der Waals surface area contributed by atoms with Gasteiger partial charge in [0.05, 0.1) is 12.0 Å². The first-order valence-electron chi connectivity index (χ1n) is 6.31. The van der Waals surface area contributed by atoms with Crippen LogP contribution in [0.15, 0.2) is 0 Å². The number of likely N-dealkylation sites (tertiary alicyclic amines) is 1. The van der Waals surface area contributed by atoms with E-state index in [1.54, 1.807) is 0 Å². The summed E-state index contributed by atoms with van der Waals surface area (Å²) in [5.74, 6) is 0.237. The first kappa shape index (κ1) is 12.4. The summed E-state index contributed by atoms with van der Waals surface area (Å²) in [6.07, 6.45) is 1.47. The molecule has 2 fully saturated rings. The Labute approximate surface area is 101 Å². The van der Waals surface area contributed by atoms with E-state index in [9.17, 15) is 14.7 Å². The first-order chi connectivity index (χ1) is 8.08. The first-order valence-corrected chi connectivity index (χ1v) is 6.31. The van der Waals surface area contributed by atoms with E-state index < -0.39 is 0 Å². The number of rotatable bonds is 1. The molecule has 2 aliphatic heterocycles. The molecular formula is C12H20N2O3. The van der Waals surface area contributed by atoms with Crippen LogP contribution in [0.5, 0.6) is 0 Å². The molecular weight excluding hydrogens is 220 g/mol. The lowest BCUT2D eigenvalue weighted by Gasteiger charge is -2.37. The largest absolute Gasteiger partial charge is 0.393 e. The van der Waals surface area contributed by atoms with E-state index in [4.69, 9.17) is 0 Å². The third kappa shape index (κ3) is 2.77. The predicted molar refractivity (Wildman–Crippen MR) is 62.1 cm³/mol. The highest BCUT2D eigenvalue weighted by Gasteiger charge is 2.32. The van der Waals surface area contributed by atoms with E-state index in [2.05, 4.69) is 5.32 Å². The molecule has 3 unspecified atom stereocenters. The molecule has 0 bridgehead atoms. The Morgan fingerprint density at radius 1 is 1.47 bits per heavy atom. The molecule has 0 aromatic carbocycles. The van der Waals surface area contributed by atoms with Crippen LogP contribution in [0.4, 0.5) is 0 Å². The van der Waals surface area contributed by atoms with Crippen molar-refractivity contribution in [1.82, 2.24) is 10.2 Å². The Morgan fingerprint density at radius 3 is 2.82 bits per heavy atom. The minimum absolute atomic E-state index is 0.0384. The standard InChI is InChI=1S/C12H20N2O3/c1-8-7-14(5-4-10(8)15)12(17)9-2-3-11(16)13-6-9/h8-10,15H,2-7H2,1H3,(H,13,16). The van der Waals surface area contributed by atoms with Gasteiger partial charge in [0.15, 0.2) is 0 Å². The second-order valence-corrected chi connectivity index (χ2v) is 5.16. The maximum atomic E-state index is 12.2. The van der Waals surface area contributed by atoms with Crippen molar-refractivity contribution in [3.05, 3.63) is 0 Å². The zero-order valence-corrected chi connectivity index (χ0v) is 10.2. The highest BCUT2D eigenvalue weighted by atomic mass is 16.3. The van der Waals surface area contributed by atoms with Gasteiger partial charge < -0.3 is 15.3 Å². The van der Waals surface area contributed by atoms with E-state index in [0.29, 0.717) is 38.9 Å². The maximum absolute atomic E-state index is 12.2. The van der Waals surface area contributed by atoms with Crippen molar-refractivity contribution in [2.24, 2.45) is 11.8 Å². The molecule has 17 heavy (non-hydrogen) atoms. The van der Waals surface area contributed by atoms with Gasteiger partial charge in [-0.25, -0.2) is 0 Å². The van der Waals surface area contributed by atoms with Crippen LogP contribution in [0, 0.1) is 11.8 Å². The molecule has 2 rings (SSSR count). The average Bonchev–Trinajstić information content (AvgIpc) is 2.33. The second-order valence-electron chi connectivity index (χ2n) is 5.16. The van der Waals surface area contributed by atoms with Crippen LogP contribution in [-0.4, -0.2) is 47.6 Å². The van der Waals surface area contributed by atoms with Gasteiger partial charge in [-0.3, -0.25) is 9.59 Å². The van der Waals surface area contributed by atoms with Crippen LogP contribution >= 0.6 is 0 Å². The number of piperidine rings is 2. The van der Waals surface area contributed by atoms with Gasteiger partial charge in [0.1, 0.15) is 0 Å². The molecule has 5 nitrogen and oxygen atoms in total. The van der Waals surface area contributed by atoms with Crippen LogP contribution in [-0.2, 0) is 9.59 Å². The average molecular weight is 240 g/mol. The molecule has 0 aromatic heterocycles. The molecule has 0 saturated carbocycles. The highest BCUT2D eigenvalue weighted by Crippen LogP contribution is 2.21. The van der Waals surface area contributed by atoms with E-state index >= 15 is 0 Å². The van der Waals surface area contributed by atoms with Crippen molar-refractivity contribution >= 4 is 11.8 Å². The number of amides is 2. The topological polar surface area (TPSA) is 69.6 Å². The van der Waals surface area contributed by atoms with Gasteiger partial charge in [0.25, 0.3) is 0 Å². The Balaban J connectivity index is 1.89. The third-order valence-corrected chi connectivity index (χ3v) is 3.79. The molecule has 2 N–H and O–H groups in total. The molecule has 2 aliphatic rings. The van der Waals surface area contributed by atoms with Gasteiger partial charge in [0.2, 0.25) is 11.8 Å². The molecule has 0 aromatic rings. The number of aliphatic hydroxyl groups excluding tert-OH is 1. The van der Waals surface area contributed by atoms with Crippen molar-refractivity contribution in [1.29, 1.82) is 0 Å². The SMILES string of the molecule is CC1CN(C(=O)C2CCC(=O)NC2)CCC1O. The van der Waals surface area contributed by atoms with E-state index in [-0.39, 0.29) is 29.8 Å². The van der Waals surface area contributed by atoms with Crippen LogP contribution in [0.2, 0.25) is 0 Å². The van der Waals surface area contributed by atoms with Crippen LogP contribution in [0.1, 0.15) is 26.2 Å². The van der Waals surface area contributed by atoms with Gasteiger partial charge >= 0.3 is 0 Å². The predicted octanol–water partition coefficient (Wildman–Crippen LogP) is -0.258. The number of carbonyl (C=O) groups is 2. The Hall–Kier alpha value is -1.10. The van der Waals surface area contributed by atoms with Crippen molar-refractivity contribution in [3.63, 3.8) is 0 Å². The van der Waals surface area contributed by atoms with Gasteiger partial charge in [-0.1, -0.05) is 6.92 Å². The molecule has 0 radical (unpaired) electrons. The number of carbonyl (C=O) groups excluding carboxylic acids is 2. The van der Waals surface area contributed by atoms with Crippen LogP contribution < -0.4 is 5.32 Å². The normalized spacial score (nSPS) is 34.4. The molecule has 0 spiro atoms. The van der Waals surface area contributed by atoms with E-state index in [0.717, 1.165) is 0 Å². The Kier molecular flexibility index (Phi) is 3.66. The highest BCUT2D eigenvalue weighted by molar-refractivity contribution is 5.83. The van der Waals surface area contributed by atoms with Crippen LogP contribution in [0.3, 0.4) is 0 Å². The lowest BCUT2D eigenvalue weighted by atomic mass is 9.93. The van der Waals surface area contributed by atoms with Gasteiger partial charge in [0, 0.05) is 26.1 Å². The summed E-state index contributed by atoms with van der Waals surface area (Å²) < 4.78 is 0. The summed E-state index contributed by atoms with van der Waals surface area (Å²) in [6, 6.07) is 0. The fourth-order valence-electron chi connectivity index (χ4n) is 2.54. The summed E-state index contributed by atoms with van der Waals surface area (Å²) in [5.41, 5.74) is 0. The number of nitrogens with zero attached hydrogens (tertiary/aromatic N) is 1. The molecule has 96 valence electrons. The summed E-state index contributed by atoms with van der Waals surface area (Å²) in [6.45, 7) is 3.69. The molecule has 2 amide bonds. The second kappa shape index (κ2) is 5.04. The Bertz CT molecular complexity index is 309. The summed E-state index contributed by atoms with van der Waals surface area (Å²) in [7, 11) is 0. The molecule has 5 heteroatoms. The van der Waals surface area contributed by atoms with Gasteiger partial charge in [-0.05, 0) is 18.8 Å². The number of hydrogen-bond acceptors (Lipinski definition) is 3. The van der Waals surface area contributed by atoms with Crippen LogP contribution in [0.25, 0.3) is 0 Å². The zero-order chi connectivity index (χ0) is 12.4. The van der Waals surface area contributed by atoms with Gasteiger partial charge in [-0.15, -0.1) is 0 Å². The maximum Gasteiger partial charge on any atom is 0.227 e. The molecule has 3 atom stereocenters. The minimum atomic E-state index is -0.287. The van der Waals surface area contributed by atoms with Crippen molar-refractivity contribution < 1.29 is 14.7 Å². The smallest absolute Gasteiger partial charge is 0.227 e. The third-order valence-electron chi connectivity index (χ3n) is 3.79. The quantitative estimate of drug-likeness (QED) is 0.663. The minimum Gasteiger partial charge on any atom is -0.393 e. The molecule has 0 aliphatic carbocycles. The van der Waals surface area contributed by atoms with Crippen molar-refractivity contribution in [2.45, 2.75) is 32.3 Å². The van der Waals surface area contributed by atoms with Crippen molar-refractivity contribution in [3.8, 4) is 0 Å². The fraction of sp³-hybridized carbons (Fsp3) is 0.833. The fourth-order valence-corrected chi connectivity index (χ4v) is 2.54. The van der Waals surface area contributed by atoms with Gasteiger partial charge in [-0.2, -0.15) is 0 Å². The Morgan fingerprint density at radius 2 is 2.24 bits per heavy atom. The molecule has 2 heterocycles. The van der Waals surface area contributed by atoms with E-state index in [1.165, 1.54) is 0 Å². The number of aliphatic hydroxyl groups is 1.